The number of benzene rings is 1. The number of hydrogen-bond donors (Lipinski definition) is 0. The summed E-state index contributed by atoms with van der Waals surface area (Å²) in [7, 11) is 3.80. The third-order valence-electron chi connectivity index (χ3n) is 2.71. The van der Waals surface area contributed by atoms with Gasteiger partial charge >= 0.3 is 18.9 Å². The molecule has 0 spiro atoms. The second kappa shape index (κ2) is 6.03. The van der Waals surface area contributed by atoms with Gasteiger partial charge in [-0.1, -0.05) is 0 Å². The molecule has 0 fully saturated rings. The molecule has 0 saturated heterocycles. The van der Waals surface area contributed by atoms with Gasteiger partial charge in [-0.05, 0) is 18.6 Å². The zero-order chi connectivity index (χ0) is 10.7. The van der Waals surface area contributed by atoms with Crippen molar-refractivity contribution in [2.45, 2.75) is 12.8 Å². The van der Waals surface area contributed by atoms with Crippen LogP contribution in [0.25, 0.3) is 5.70 Å². The van der Waals surface area contributed by atoms with Crippen LogP contribution in [-0.4, -0.2) is 25.6 Å². The number of methoxy groups -OCH3 is 1. The average Bonchev–Trinajstić information content (AvgIpc) is 2.30. The summed E-state index contributed by atoms with van der Waals surface area (Å²) in [4.78, 5) is 2.26. The van der Waals surface area contributed by atoms with Crippen LogP contribution in [0.1, 0.15) is 18.4 Å². The second-order valence-electron chi connectivity index (χ2n) is 3.78. The van der Waals surface area contributed by atoms with E-state index in [1.807, 2.05) is 12.1 Å². The topological polar surface area (TPSA) is 12.5 Å². The molecule has 0 N–H and O–H groups in total. The number of nitrogens with zero attached hydrogens (tertiary/aromatic N) is 1. The maximum Gasteiger partial charge on any atom is 1.00 e. The Balaban J connectivity index is 0.00000128. The van der Waals surface area contributed by atoms with Crippen LogP contribution in [0.3, 0.4) is 0 Å². The van der Waals surface area contributed by atoms with Crippen LogP contribution in [0.5, 0.6) is 5.75 Å². The van der Waals surface area contributed by atoms with E-state index < -0.39 is 0 Å². The van der Waals surface area contributed by atoms with Crippen LogP contribution in [-0.2, 0) is 0 Å². The molecule has 1 aliphatic rings. The van der Waals surface area contributed by atoms with Gasteiger partial charge in [0.15, 0.2) is 0 Å². The van der Waals surface area contributed by atoms with Crippen molar-refractivity contribution in [1.29, 1.82) is 0 Å². The van der Waals surface area contributed by atoms with E-state index in [1.54, 1.807) is 7.11 Å². The van der Waals surface area contributed by atoms with Gasteiger partial charge in [-0.15, -0.1) is 24.3 Å². The van der Waals surface area contributed by atoms with Crippen molar-refractivity contribution in [2.24, 2.45) is 0 Å². The molecule has 1 aromatic rings. The van der Waals surface area contributed by atoms with Gasteiger partial charge in [-0.3, -0.25) is 6.08 Å². The van der Waals surface area contributed by atoms with Crippen molar-refractivity contribution < 1.29 is 23.6 Å². The van der Waals surface area contributed by atoms with Gasteiger partial charge < -0.3 is 9.64 Å². The van der Waals surface area contributed by atoms with E-state index in [0.717, 1.165) is 18.7 Å². The average molecular weight is 209 g/mol. The normalized spacial score (nSPS) is 15.1. The molecule has 3 heteroatoms. The molecule has 0 radical (unpaired) electrons. The molecule has 0 amide bonds. The van der Waals surface area contributed by atoms with Crippen LogP contribution >= 0.6 is 0 Å². The summed E-state index contributed by atoms with van der Waals surface area (Å²) >= 11 is 0. The van der Waals surface area contributed by atoms with E-state index in [0.29, 0.717) is 0 Å². The molecule has 0 bridgehead atoms. The van der Waals surface area contributed by atoms with Gasteiger partial charge in [0.2, 0.25) is 0 Å². The summed E-state index contributed by atoms with van der Waals surface area (Å²) in [5.74, 6) is 0.901. The van der Waals surface area contributed by atoms with Crippen LogP contribution < -0.4 is 23.6 Å². The predicted molar refractivity (Wildman–Crippen MR) is 61.5 cm³/mol. The zero-order valence-electron chi connectivity index (χ0n) is 10.3. The van der Waals surface area contributed by atoms with Crippen molar-refractivity contribution in [2.75, 3.05) is 20.7 Å². The number of allylic oxidation sites excluding steroid dienone is 1. The number of rotatable bonds is 2. The first-order valence-electron chi connectivity index (χ1n) is 5.27. The predicted octanol–water partition coefficient (Wildman–Crippen LogP) is -0.431. The summed E-state index contributed by atoms with van der Waals surface area (Å²) in [6, 6.07) is 8.16. The SMILES string of the molecule is COc1ccc(C2=[C-]CCCN2C)cc1.[Li+]. The van der Waals surface area contributed by atoms with Gasteiger partial charge in [0.1, 0.15) is 5.75 Å². The standard InChI is InChI=1S/C13H16NO.Li/c1-14-10-4-3-5-13(14)11-6-8-12(15-2)9-7-11;/h6-9H,3-4,10H2,1-2H3;/q-1;+1. The molecule has 0 aliphatic carbocycles. The first kappa shape index (κ1) is 13.2. The van der Waals surface area contributed by atoms with Gasteiger partial charge in [-0.25, -0.2) is 0 Å². The van der Waals surface area contributed by atoms with Gasteiger partial charge in [-0.2, -0.15) is 5.56 Å². The maximum atomic E-state index is 5.14. The van der Waals surface area contributed by atoms with E-state index in [9.17, 15) is 0 Å². The Bertz CT molecular complexity index is 359. The van der Waals surface area contributed by atoms with Crippen LogP contribution in [0.4, 0.5) is 0 Å². The quantitative estimate of drug-likeness (QED) is 0.484. The molecule has 16 heavy (non-hydrogen) atoms. The molecule has 2 rings (SSSR count). The van der Waals surface area contributed by atoms with Crippen molar-refractivity contribution >= 4 is 5.70 Å². The van der Waals surface area contributed by atoms with Crippen molar-refractivity contribution in [1.82, 2.24) is 4.90 Å². The first-order chi connectivity index (χ1) is 7.31. The molecule has 0 atom stereocenters. The first-order valence-corrected chi connectivity index (χ1v) is 5.27. The van der Waals surface area contributed by atoms with E-state index in [2.05, 4.69) is 30.2 Å². The molecular formula is C13H16LiNO. The maximum absolute atomic E-state index is 5.14. The zero-order valence-corrected chi connectivity index (χ0v) is 10.3. The smallest absolute Gasteiger partial charge is 0.497 e. The Morgan fingerprint density at radius 1 is 1.25 bits per heavy atom. The van der Waals surface area contributed by atoms with Crippen LogP contribution in [0, 0.1) is 6.08 Å². The molecule has 0 aromatic heterocycles. The fourth-order valence-electron chi connectivity index (χ4n) is 1.84. The summed E-state index contributed by atoms with van der Waals surface area (Å²) in [5, 5.41) is 0. The van der Waals surface area contributed by atoms with E-state index in [4.69, 9.17) is 4.74 Å². The molecule has 1 aromatic carbocycles. The third kappa shape index (κ3) is 2.84. The Labute approximate surface area is 109 Å². The third-order valence-corrected chi connectivity index (χ3v) is 2.71. The summed E-state index contributed by atoms with van der Waals surface area (Å²) in [6.45, 7) is 1.12. The van der Waals surface area contributed by atoms with Crippen LogP contribution in [0.2, 0.25) is 0 Å². The number of hydrogen-bond acceptors (Lipinski definition) is 2. The Morgan fingerprint density at radius 2 is 1.94 bits per heavy atom. The second-order valence-corrected chi connectivity index (χ2v) is 3.78. The van der Waals surface area contributed by atoms with Gasteiger partial charge in [0.05, 0.1) is 7.11 Å². The monoisotopic (exact) mass is 209 g/mol. The fourth-order valence-corrected chi connectivity index (χ4v) is 1.84. The molecule has 80 valence electrons. The minimum Gasteiger partial charge on any atom is -0.497 e. The molecule has 0 unspecified atom stereocenters. The van der Waals surface area contributed by atoms with Gasteiger partial charge in [0.25, 0.3) is 0 Å². The van der Waals surface area contributed by atoms with E-state index in [1.165, 1.54) is 17.7 Å². The van der Waals surface area contributed by atoms with Gasteiger partial charge in [0, 0.05) is 13.6 Å². The van der Waals surface area contributed by atoms with Crippen LogP contribution in [0.15, 0.2) is 24.3 Å². The molecule has 1 heterocycles. The summed E-state index contributed by atoms with van der Waals surface area (Å²) < 4.78 is 5.14. The molecule has 0 saturated carbocycles. The Hall–Kier alpha value is -0.843. The van der Waals surface area contributed by atoms with Crippen molar-refractivity contribution in [3.8, 4) is 5.75 Å². The minimum atomic E-state index is 0. The van der Waals surface area contributed by atoms with E-state index >= 15 is 0 Å². The number of ether oxygens (including phenoxy) is 1. The van der Waals surface area contributed by atoms with E-state index in [-0.39, 0.29) is 18.9 Å². The largest absolute Gasteiger partial charge is 1.00 e. The molecule has 2 nitrogen and oxygen atoms in total. The summed E-state index contributed by atoms with van der Waals surface area (Å²) in [5.41, 5.74) is 2.43. The fraction of sp³-hybridized carbons (Fsp3) is 0.385. The molecular weight excluding hydrogens is 193 g/mol. The van der Waals surface area contributed by atoms with Crippen molar-refractivity contribution in [3.63, 3.8) is 0 Å². The summed E-state index contributed by atoms with van der Waals surface area (Å²) in [6.07, 6.45) is 5.69. The molecule has 1 aliphatic heterocycles. The Kier molecular flexibility index (Phi) is 4.99. The minimum absolute atomic E-state index is 0. The Morgan fingerprint density at radius 3 is 2.50 bits per heavy atom. The van der Waals surface area contributed by atoms with Crippen molar-refractivity contribution in [3.05, 3.63) is 35.9 Å².